The van der Waals surface area contributed by atoms with Crippen LogP contribution in [0.3, 0.4) is 0 Å². The number of ether oxygens (including phenoxy) is 2. The van der Waals surface area contributed by atoms with E-state index in [-0.39, 0.29) is 5.73 Å². The Labute approximate surface area is 131 Å². The van der Waals surface area contributed by atoms with E-state index in [0.717, 1.165) is 12.8 Å². The van der Waals surface area contributed by atoms with Crippen molar-refractivity contribution in [1.29, 1.82) is 0 Å². The lowest BCUT2D eigenvalue weighted by atomic mass is 10.2. The largest absolute Gasteiger partial charge is 0.533 e. The minimum absolute atomic E-state index is 0.172. The van der Waals surface area contributed by atoms with Gasteiger partial charge in [0.2, 0.25) is 0 Å². The lowest BCUT2D eigenvalue weighted by molar-refractivity contribution is -0.205. The average molecular weight is 323 g/mol. The van der Waals surface area contributed by atoms with Crippen LogP contribution in [0.2, 0.25) is 0 Å². The van der Waals surface area contributed by atoms with Gasteiger partial charge in [-0.25, -0.2) is 0 Å². The third-order valence-electron chi connectivity index (χ3n) is 3.27. The van der Waals surface area contributed by atoms with Gasteiger partial charge in [-0.3, -0.25) is 0 Å². The smallest absolute Gasteiger partial charge is 0.374 e. The van der Waals surface area contributed by atoms with Gasteiger partial charge in [-0.15, -0.1) is 0 Å². The van der Waals surface area contributed by atoms with Gasteiger partial charge < -0.3 is 22.8 Å². The maximum Gasteiger partial charge on any atom is 0.533 e. The van der Waals surface area contributed by atoms with Crippen molar-refractivity contribution >= 4 is 8.80 Å². The van der Waals surface area contributed by atoms with Crippen LogP contribution in [-0.4, -0.2) is 46.7 Å². The van der Waals surface area contributed by atoms with Crippen molar-refractivity contribution in [1.82, 2.24) is 0 Å². The van der Waals surface area contributed by atoms with Gasteiger partial charge in [0.1, 0.15) is 5.73 Å². The van der Waals surface area contributed by atoms with Crippen LogP contribution in [-0.2, 0) is 22.8 Å². The highest BCUT2D eigenvalue weighted by molar-refractivity contribution is 6.62. The van der Waals surface area contributed by atoms with E-state index in [9.17, 15) is 0 Å². The standard InChI is InChI=1S/C15H34O5Si/c1-8-14(16-10-3)21(18-12-5,19-13-6)20-15(7,9-2)17-11-4/h14H,8-13H2,1-7H3/t14?,15-/m1/s1. The Morgan fingerprint density at radius 3 is 1.76 bits per heavy atom. The van der Waals surface area contributed by atoms with Crippen molar-refractivity contribution in [3.63, 3.8) is 0 Å². The summed E-state index contributed by atoms with van der Waals surface area (Å²) in [6.45, 7) is 16.1. The molecule has 0 heterocycles. The summed E-state index contributed by atoms with van der Waals surface area (Å²) >= 11 is 0. The van der Waals surface area contributed by atoms with E-state index in [1.165, 1.54) is 0 Å². The van der Waals surface area contributed by atoms with Crippen LogP contribution in [0.5, 0.6) is 0 Å². The molecule has 0 aliphatic heterocycles. The van der Waals surface area contributed by atoms with Gasteiger partial charge in [-0.1, -0.05) is 13.8 Å². The predicted octanol–water partition coefficient (Wildman–Crippen LogP) is 3.53. The molecule has 1 unspecified atom stereocenters. The van der Waals surface area contributed by atoms with Crippen molar-refractivity contribution in [2.24, 2.45) is 0 Å². The van der Waals surface area contributed by atoms with E-state index in [1.807, 2.05) is 41.5 Å². The summed E-state index contributed by atoms with van der Waals surface area (Å²) in [6.07, 6.45) is 1.50. The Balaban J connectivity index is 5.42. The van der Waals surface area contributed by atoms with Gasteiger partial charge in [0.15, 0.2) is 5.79 Å². The predicted molar refractivity (Wildman–Crippen MR) is 86.1 cm³/mol. The van der Waals surface area contributed by atoms with Gasteiger partial charge in [0.25, 0.3) is 0 Å². The molecular weight excluding hydrogens is 288 g/mol. The van der Waals surface area contributed by atoms with Gasteiger partial charge in [0, 0.05) is 26.4 Å². The SMILES string of the molecule is CCOC(CC)[Si](OCC)(OCC)O[C@](C)(CC)OCC. The first-order chi connectivity index (χ1) is 9.97. The minimum Gasteiger partial charge on any atom is -0.374 e. The summed E-state index contributed by atoms with van der Waals surface area (Å²) in [5, 5.41) is 0. The second kappa shape index (κ2) is 10.7. The van der Waals surface area contributed by atoms with Gasteiger partial charge in [-0.2, -0.15) is 0 Å². The maximum atomic E-state index is 6.35. The molecule has 6 heteroatoms. The molecule has 0 fully saturated rings. The lowest BCUT2D eigenvalue weighted by Crippen LogP contribution is -2.61. The fourth-order valence-corrected chi connectivity index (χ4v) is 5.42. The minimum atomic E-state index is -2.99. The Bertz CT molecular complexity index is 258. The molecule has 0 aromatic carbocycles. The molecule has 0 radical (unpaired) electrons. The molecule has 0 aliphatic rings. The zero-order chi connectivity index (χ0) is 16.4. The maximum absolute atomic E-state index is 6.35. The molecular formula is C15H34O5Si. The van der Waals surface area contributed by atoms with E-state index >= 15 is 0 Å². The Hall–Kier alpha value is 0.0169. The van der Waals surface area contributed by atoms with E-state index in [2.05, 4.69) is 6.92 Å². The first kappa shape index (κ1) is 21.0. The highest BCUT2D eigenvalue weighted by Gasteiger charge is 2.54. The third-order valence-corrected chi connectivity index (χ3v) is 6.74. The fourth-order valence-electron chi connectivity index (χ4n) is 2.24. The normalized spacial score (nSPS) is 16.7. The molecule has 0 rings (SSSR count). The van der Waals surface area contributed by atoms with E-state index in [1.54, 1.807) is 0 Å². The number of hydrogen-bond acceptors (Lipinski definition) is 5. The summed E-state index contributed by atoms with van der Waals surface area (Å²) in [7, 11) is -2.99. The lowest BCUT2D eigenvalue weighted by Gasteiger charge is -2.41. The number of rotatable bonds is 13. The molecule has 2 atom stereocenters. The van der Waals surface area contributed by atoms with Gasteiger partial charge in [-0.05, 0) is 47.5 Å². The molecule has 0 saturated carbocycles. The first-order valence-electron chi connectivity index (χ1n) is 8.20. The van der Waals surface area contributed by atoms with Gasteiger partial charge >= 0.3 is 8.80 Å². The Morgan fingerprint density at radius 1 is 0.857 bits per heavy atom. The van der Waals surface area contributed by atoms with Crippen molar-refractivity contribution in [2.45, 2.75) is 72.8 Å². The average Bonchev–Trinajstić information content (AvgIpc) is 2.45. The summed E-state index contributed by atoms with van der Waals surface area (Å²) < 4.78 is 30.0. The van der Waals surface area contributed by atoms with Crippen molar-refractivity contribution in [3.05, 3.63) is 0 Å². The van der Waals surface area contributed by atoms with Crippen LogP contribution in [0.1, 0.15) is 61.3 Å². The number of hydrogen-bond donors (Lipinski definition) is 0. The van der Waals surface area contributed by atoms with Crippen LogP contribution in [0.4, 0.5) is 0 Å². The zero-order valence-corrected chi connectivity index (χ0v) is 15.9. The molecule has 0 aliphatic carbocycles. The molecule has 0 spiro atoms. The molecule has 5 nitrogen and oxygen atoms in total. The van der Waals surface area contributed by atoms with E-state index < -0.39 is 14.6 Å². The molecule has 0 amide bonds. The van der Waals surface area contributed by atoms with E-state index in [0.29, 0.717) is 26.4 Å². The molecule has 0 bridgehead atoms. The summed E-state index contributed by atoms with van der Waals surface area (Å²) in [5.41, 5.74) is -0.172. The Morgan fingerprint density at radius 2 is 1.43 bits per heavy atom. The molecule has 0 aromatic heterocycles. The summed E-state index contributed by atoms with van der Waals surface area (Å²) in [5.74, 6) is -0.712. The van der Waals surface area contributed by atoms with Crippen LogP contribution < -0.4 is 0 Å². The third kappa shape index (κ3) is 6.34. The van der Waals surface area contributed by atoms with E-state index in [4.69, 9.17) is 22.8 Å². The monoisotopic (exact) mass is 322 g/mol. The summed E-state index contributed by atoms with van der Waals surface area (Å²) in [4.78, 5) is 0. The van der Waals surface area contributed by atoms with Gasteiger partial charge in [0.05, 0.1) is 0 Å². The van der Waals surface area contributed by atoms with Crippen molar-refractivity contribution in [3.8, 4) is 0 Å². The first-order valence-corrected chi connectivity index (χ1v) is 10.0. The zero-order valence-electron chi connectivity index (χ0n) is 14.9. The second-order valence-corrected chi connectivity index (χ2v) is 7.48. The van der Waals surface area contributed by atoms with Crippen molar-refractivity contribution in [2.75, 3.05) is 26.4 Å². The molecule has 128 valence electrons. The topological polar surface area (TPSA) is 46.2 Å². The quantitative estimate of drug-likeness (QED) is 0.383. The molecule has 0 N–H and O–H groups in total. The fraction of sp³-hybridized carbons (Fsp3) is 1.00. The van der Waals surface area contributed by atoms with Crippen LogP contribution in [0.15, 0.2) is 0 Å². The molecule has 0 aromatic rings. The molecule has 0 saturated heterocycles. The Kier molecular flexibility index (Phi) is 10.7. The van der Waals surface area contributed by atoms with Crippen LogP contribution in [0.25, 0.3) is 0 Å². The second-order valence-electron chi connectivity index (χ2n) is 4.84. The molecule has 21 heavy (non-hydrogen) atoms. The van der Waals surface area contributed by atoms with Crippen LogP contribution in [0, 0.1) is 0 Å². The highest BCUT2D eigenvalue weighted by atomic mass is 28.4. The van der Waals surface area contributed by atoms with Crippen molar-refractivity contribution < 1.29 is 22.8 Å². The summed E-state index contributed by atoms with van der Waals surface area (Å²) in [6, 6.07) is 0. The van der Waals surface area contributed by atoms with Crippen LogP contribution >= 0.6 is 0 Å². The highest BCUT2D eigenvalue weighted by Crippen LogP contribution is 2.29.